The minimum atomic E-state index is -1.21. The molecule has 3 rings (SSSR count). The van der Waals surface area contributed by atoms with Crippen molar-refractivity contribution in [2.24, 2.45) is 0 Å². The van der Waals surface area contributed by atoms with Crippen LogP contribution in [-0.2, 0) is 15.1 Å². The van der Waals surface area contributed by atoms with E-state index in [1.807, 2.05) is 6.92 Å². The van der Waals surface area contributed by atoms with Crippen LogP contribution >= 0.6 is 0 Å². The summed E-state index contributed by atoms with van der Waals surface area (Å²) in [6, 6.07) is 13.0. The Balaban J connectivity index is 1.56. The number of anilines is 1. The topological polar surface area (TPSA) is 114 Å². The lowest BCUT2D eigenvalue weighted by Crippen LogP contribution is -2.40. The number of urea groups is 1. The normalized spacial score (nSPS) is 17.6. The van der Waals surface area contributed by atoms with E-state index in [1.54, 1.807) is 55.5 Å². The van der Waals surface area contributed by atoms with E-state index >= 15 is 0 Å². The maximum atomic E-state index is 12.4. The summed E-state index contributed by atoms with van der Waals surface area (Å²) >= 11 is 0. The first-order chi connectivity index (χ1) is 14.8. The number of rotatable bonds is 9. The molecule has 1 aliphatic rings. The smallest absolute Gasteiger partial charge is 0.322 e. The van der Waals surface area contributed by atoms with Gasteiger partial charge >= 0.3 is 6.03 Å². The van der Waals surface area contributed by atoms with Crippen LogP contribution in [0.1, 0.15) is 49.0 Å². The molecule has 1 aliphatic heterocycles. The number of hydrogen-bond donors (Lipinski definition) is 3. The van der Waals surface area contributed by atoms with E-state index < -0.39 is 17.5 Å². The van der Waals surface area contributed by atoms with E-state index in [4.69, 9.17) is 4.74 Å². The molecule has 162 valence electrons. The van der Waals surface area contributed by atoms with E-state index in [2.05, 4.69) is 16.0 Å². The van der Waals surface area contributed by atoms with Gasteiger partial charge in [0.2, 0.25) is 5.91 Å². The van der Waals surface area contributed by atoms with Crippen molar-refractivity contribution in [1.82, 2.24) is 10.6 Å². The number of ketones is 1. The summed E-state index contributed by atoms with van der Waals surface area (Å²) in [6.45, 7) is 4.22. The average Bonchev–Trinajstić information content (AvgIpc) is 3.03. The number of ether oxygens (including phenoxy) is 1. The molecule has 1 atom stereocenters. The average molecular weight is 423 g/mol. The van der Waals surface area contributed by atoms with Crippen LogP contribution in [0.15, 0.2) is 48.5 Å². The molecule has 8 nitrogen and oxygen atoms in total. The molecule has 0 aromatic heterocycles. The van der Waals surface area contributed by atoms with Gasteiger partial charge < -0.3 is 15.4 Å². The van der Waals surface area contributed by atoms with Gasteiger partial charge in [-0.1, -0.05) is 19.1 Å². The molecule has 0 spiro atoms. The van der Waals surface area contributed by atoms with Crippen LogP contribution in [0.4, 0.5) is 10.5 Å². The molecular formula is C23H25N3O5. The molecule has 4 amide bonds. The molecule has 1 unspecified atom stereocenters. The second-order valence-electron chi connectivity index (χ2n) is 7.46. The van der Waals surface area contributed by atoms with Gasteiger partial charge in [0.1, 0.15) is 11.3 Å². The fraction of sp³-hybridized carbons (Fsp3) is 0.304. The molecule has 0 bridgehead atoms. The molecule has 2 aromatic carbocycles. The van der Waals surface area contributed by atoms with Gasteiger partial charge in [-0.25, -0.2) is 4.79 Å². The summed E-state index contributed by atoms with van der Waals surface area (Å²) in [5, 5.41) is 7.52. The Morgan fingerprint density at radius 1 is 1.06 bits per heavy atom. The SMILES string of the molecule is CCCOc1ccc(C(=O)CCC(=O)Nc2cccc(C3(C)NC(=O)NC3=O)c2)cc1. The van der Waals surface area contributed by atoms with E-state index in [9.17, 15) is 19.2 Å². The summed E-state index contributed by atoms with van der Waals surface area (Å²) in [4.78, 5) is 48.3. The minimum Gasteiger partial charge on any atom is -0.494 e. The van der Waals surface area contributed by atoms with Crippen LogP contribution in [0.2, 0.25) is 0 Å². The summed E-state index contributed by atoms with van der Waals surface area (Å²) < 4.78 is 5.50. The minimum absolute atomic E-state index is 0.0195. The summed E-state index contributed by atoms with van der Waals surface area (Å²) in [6.07, 6.45) is 0.988. The zero-order valence-electron chi connectivity index (χ0n) is 17.5. The van der Waals surface area contributed by atoms with Gasteiger partial charge in [0.25, 0.3) is 5.91 Å². The first kappa shape index (κ1) is 22.0. The lowest BCUT2D eigenvalue weighted by Gasteiger charge is -2.21. The zero-order chi connectivity index (χ0) is 22.4. The van der Waals surface area contributed by atoms with Crippen molar-refractivity contribution in [3.63, 3.8) is 0 Å². The Morgan fingerprint density at radius 3 is 2.45 bits per heavy atom. The Morgan fingerprint density at radius 2 is 1.81 bits per heavy atom. The molecule has 0 aliphatic carbocycles. The highest BCUT2D eigenvalue weighted by molar-refractivity contribution is 6.07. The van der Waals surface area contributed by atoms with Crippen molar-refractivity contribution in [1.29, 1.82) is 0 Å². The van der Waals surface area contributed by atoms with Crippen LogP contribution in [0.3, 0.4) is 0 Å². The Kier molecular flexibility index (Phi) is 6.69. The fourth-order valence-corrected chi connectivity index (χ4v) is 3.21. The second-order valence-corrected chi connectivity index (χ2v) is 7.46. The number of benzene rings is 2. The first-order valence-electron chi connectivity index (χ1n) is 10.1. The van der Waals surface area contributed by atoms with Crippen LogP contribution < -0.4 is 20.7 Å². The molecule has 0 radical (unpaired) electrons. The predicted octanol–water partition coefficient (Wildman–Crippen LogP) is 3.13. The van der Waals surface area contributed by atoms with E-state index in [0.29, 0.717) is 29.2 Å². The van der Waals surface area contributed by atoms with Crippen LogP contribution in [0.25, 0.3) is 0 Å². The molecular weight excluding hydrogens is 398 g/mol. The molecule has 0 saturated carbocycles. The van der Waals surface area contributed by atoms with Crippen molar-refractivity contribution in [2.45, 2.75) is 38.6 Å². The predicted molar refractivity (Wildman–Crippen MR) is 115 cm³/mol. The number of nitrogens with one attached hydrogen (secondary N) is 3. The molecule has 1 fully saturated rings. The van der Waals surface area contributed by atoms with Crippen LogP contribution in [0, 0.1) is 0 Å². The lowest BCUT2D eigenvalue weighted by atomic mass is 9.92. The summed E-state index contributed by atoms with van der Waals surface area (Å²) in [5.74, 6) is -0.211. The van der Waals surface area contributed by atoms with Gasteiger partial charge in [0.15, 0.2) is 5.78 Å². The van der Waals surface area contributed by atoms with Gasteiger partial charge in [0.05, 0.1) is 6.61 Å². The van der Waals surface area contributed by atoms with Crippen molar-refractivity contribution < 1.29 is 23.9 Å². The molecule has 3 N–H and O–H groups in total. The monoisotopic (exact) mass is 423 g/mol. The van der Waals surface area contributed by atoms with Gasteiger partial charge in [-0.3, -0.25) is 19.7 Å². The summed E-state index contributed by atoms with van der Waals surface area (Å²) in [7, 11) is 0. The largest absolute Gasteiger partial charge is 0.494 e. The van der Waals surface area contributed by atoms with E-state index in [1.165, 1.54) is 0 Å². The Hall–Kier alpha value is -3.68. The highest BCUT2D eigenvalue weighted by atomic mass is 16.5. The number of Topliss-reactive ketones (excluding diaryl/α,β-unsaturated/α-hetero) is 1. The van der Waals surface area contributed by atoms with Gasteiger partial charge in [-0.15, -0.1) is 0 Å². The Labute approximate surface area is 180 Å². The second kappa shape index (κ2) is 9.42. The summed E-state index contributed by atoms with van der Waals surface area (Å²) in [5.41, 5.74) is 0.327. The molecule has 2 aromatic rings. The molecule has 1 saturated heterocycles. The number of carbonyl (C=O) groups excluding carboxylic acids is 4. The van der Waals surface area contributed by atoms with Crippen molar-refractivity contribution in [3.8, 4) is 5.75 Å². The van der Waals surface area contributed by atoms with Gasteiger partial charge in [-0.05, 0) is 55.3 Å². The fourth-order valence-electron chi connectivity index (χ4n) is 3.21. The van der Waals surface area contributed by atoms with Gasteiger partial charge in [-0.2, -0.15) is 0 Å². The number of carbonyl (C=O) groups is 4. The van der Waals surface area contributed by atoms with Crippen molar-refractivity contribution >= 4 is 29.3 Å². The Bertz CT molecular complexity index is 1000. The van der Waals surface area contributed by atoms with Crippen molar-refractivity contribution in [3.05, 3.63) is 59.7 Å². The zero-order valence-corrected chi connectivity index (χ0v) is 17.5. The van der Waals surface area contributed by atoms with Gasteiger partial charge in [0, 0.05) is 24.1 Å². The third-order valence-corrected chi connectivity index (χ3v) is 5.00. The van der Waals surface area contributed by atoms with Crippen LogP contribution in [-0.4, -0.2) is 30.2 Å². The highest BCUT2D eigenvalue weighted by Crippen LogP contribution is 2.26. The first-order valence-corrected chi connectivity index (χ1v) is 10.1. The lowest BCUT2D eigenvalue weighted by molar-refractivity contribution is -0.123. The number of hydrogen-bond acceptors (Lipinski definition) is 5. The third-order valence-electron chi connectivity index (χ3n) is 5.00. The van der Waals surface area contributed by atoms with E-state index in [0.717, 1.165) is 6.42 Å². The van der Waals surface area contributed by atoms with Crippen LogP contribution in [0.5, 0.6) is 5.75 Å². The number of imide groups is 1. The standard InChI is InChI=1S/C23H25N3O5/c1-3-13-31-18-9-7-15(8-10-18)19(27)11-12-20(28)24-17-6-4-5-16(14-17)23(2)21(29)25-22(30)26-23/h4-10,14H,3,11-13H2,1-2H3,(H,24,28)(H2,25,26,29,30). The molecule has 8 heteroatoms. The van der Waals surface area contributed by atoms with E-state index in [-0.39, 0.29) is 24.5 Å². The number of amides is 4. The quantitative estimate of drug-likeness (QED) is 0.424. The maximum absolute atomic E-state index is 12.4. The third kappa shape index (κ3) is 5.28. The molecule has 31 heavy (non-hydrogen) atoms. The van der Waals surface area contributed by atoms with Crippen molar-refractivity contribution in [2.75, 3.05) is 11.9 Å². The maximum Gasteiger partial charge on any atom is 0.322 e. The highest BCUT2D eigenvalue weighted by Gasteiger charge is 2.43. The molecule has 1 heterocycles.